The Balaban J connectivity index is 1.03. The number of benzene rings is 2. The summed E-state index contributed by atoms with van der Waals surface area (Å²) in [5.74, 6) is -1.01. The highest BCUT2D eigenvalue weighted by Crippen LogP contribution is 2.33. The second-order valence-electron chi connectivity index (χ2n) is 11.1. The van der Waals surface area contributed by atoms with Crippen molar-refractivity contribution in [1.82, 2.24) is 20.2 Å². The average Bonchev–Trinajstić information content (AvgIpc) is 3.29. The van der Waals surface area contributed by atoms with E-state index in [9.17, 15) is 32.3 Å². The number of carbonyl (C=O) groups excluding carboxylic acids is 4. The van der Waals surface area contributed by atoms with Gasteiger partial charge in [-0.05, 0) is 55.2 Å². The first kappa shape index (κ1) is 30.0. The summed E-state index contributed by atoms with van der Waals surface area (Å²) < 4.78 is 39.4. The summed E-state index contributed by atoms with van der Waals surface area (Å²) in [7, 11) is 0. The quantitative estimate of drug-likeness (QED) is 0.288. The molecule has 3 aromatic rings. The molecule has 14 heteroatoms. The molecule has 0 aliphatic carbocycles. The van der Waals surface area contributed by atoms with Gasteiger partial charge in [-0.25, -0.2) is 4.98 Å². The lowest BCUT2D eigenvalue weighted by Crippen LogP contribution is -2.54. The van der Waals surface area contributed by atoms with E-state index in [1.54, 1.807) is 36.5 Å². The molecule has 3 aliphatic heterocycles. The second kappa shape index (κ2) is 12.2. The number of hydrogen-bond donors (Lipinski definition) is 2. The van der Waals surface area contributed by atoms with Crippen LogP contribution in [0.3, 0.4) is 0 Å². The van der Waals surface area contributed by atoms with E-state index in [1.165, 1.54) is 12.1 Å². The van der Waals surface area contributed by atoms with Crippen LogP contribution in [0.2, 0.25) is 0 Å². The van der Waals surface area contributed by atoms with Gasteiger partial charge in [0.25, 0.3) is 11.8 Å². The van der Waals surface area contributed by atoms with E-state index in [2.05, 4.69) is 20.6 Å². The highest BCUT2D eigenvalue weighted by Gasteiger charge is 2.45. The number of halogens is 3. The number of carbonyl (C=O) groups is 4. The molecular weight excluding hydrogens is 591 g/mol. The van der Waals surface area contributed by atoms with Crippen molar-refractivity contribution in [3.05, 3.63) is 77.0 Å². The largest absolute Gasteiger partial charge is 0.416 e. The summed E-state index contributed by atoms with van der Waals surface area (Å²) in [6.07, 6.45) is -1.48. The summed E-state index contributed by atoms with van der Waals surface area (Å²) in [6.45, 7) is 2.64. The maximum atomic E-state index is 13.3. The minimum atomic E-state index is -4.39. The summed E-state index contributed by atoms with van der Waals surface area (Å²) in [5.41, 5.74) is 1.10. The molecule has 2 saturated heterocycles. The SMILES string of the molecule is O=C1CCC(N2C(=O)c3cccc(CCCNc4ccnc(N5CCN(c6cccc(C(F)(F)F)c6)CC5)n4)c3C2=O)C(=O)N1. The van der Waals surface area contributed by atoms with E-state index >= 15 is 0 Å². The molecule has 0 radical (unpaired) electrons. The normalized spacial score (nSPS) is 18.7. The van der Waals surface area contributed by atoms with Crippen molar-refractivity contribution in [3.8, 4) is 0 Å². The molecule has 1 unspecified atom stereocenters. The van der Waals surface area contributed by atoms with Crippen LogP contribution in [0.25, 0.3) is 0 Å². The van der Waals surface area contributed by atoms with Crippen LogP contribution < -0.4 is 20.4 Å². The first-order valence-corrected chi connectivity index (χ1v) is 14.7. The van der Waals surface area contributed by atoms with Gasteiger partial charge in [0.15, 0.2) is 0 Å². The molecule has 2 aromatic carbocycles. The van der Waals surface area contributed by atoms with Crippen LogP contribution in [-0.4, -0.2) is 77.3 Å². The van der Waals surface area contributed by atoms with Crippen LogP contribution in [0, 0.1) is 0 Å². The van der Waals surface area contributed by atoms with Crippen LogP contribution in [0.5, 0.6) is 0 Å². The second-order valence-corrected chi connectivity index (χ2v) is 11.1. The summed E-state index contributed by atoms with van der Waals surface area (Å²) in [4.78, 5) is 64.1. The Morgan fingerprint density at radius 2 is 1.69 bits per heavy atom. The molecule has 3 aliphatic rings. The molecule has 4 heterocycles. The van der Waals surface area contributed by atoms with Crippen LogP contribution in [-0.2, 0) is 22.2 Å². The molecule has 0 bridgehead atoms. The first-order valence-electron chi connectivity index (χ1n) is 14.7. The third-order valence-electron chi connectivity index (χ3n) is 8.23. The molecule has 11 nitrogen and oxygen atoms in total. The molecular formula is C31H30F3N7O4. The summed E-state index contributed by atoms with van der Waals surface area (Å²) in [6, 6.07) is 11.1. The number of piperazine rings is 1. The fourth-order valence-electron chi connectivity index (χ4n) is 5.93. The number of imide groups is 2. The number of anilines is 3. The minimum Gasteiger partial charge on any atom is -0.370 e. The molecule has 0 spiro atoms. The fourth-order valence-corrected chi connectivity index (χ4v) is 5.93. The van der Waals surface area contributed by atoms with E-state index in [-0.39, 0.29) is 18.4 Å². The van der Waals surface area contributed by atoms with E-state index < -0.39 is 41.4 Å². The number of nitrogens with one attached hydrogen (secondary N) is 2. The Morgan fingerprint density at radius 1 is 0.933 bits per heavy atom. The van der Waals surface area contributed by atoms with E-state index in [0.29, 0.717) is 74.1 Å². The number of piperidine rings is 1. The third-order valence-corrected chi connectivity index (χ3v) is 8.23. The Hall–Kier alpha value is -5.01. The topological polar surface area (TPSA) is 128 Å². The van der Waals surface area contributed by atoms with Crippen LogP contribution in [0.4, 0.5) is 30.6 Å². The van der Waals surface area contributed by atoms with E-state index in [0.717, 1.165) is 11.0 Å². The van der Waals surface area contributed by atoms with Crippen LogP contribution >= 0.6 is 0 Å². The Kier molecular flexibility index (Phi) is 8.12. The zero-order valence-electron chi connectivity index (χ0n) is 24.1. The smallest absolute Gasteiger partial charge is 0.370 e. The van der Waals surface area contributed by atoms with Gasteiger partial charge in [-0.1, -0.05) is 18.2 Å². The van der Waals surface area contributed by atoms with Gasteiger partial charge in [-0.15, -0.1) is 0 Å². The minimum absolute atomic E-state index is 0.0586. The Morgan fingerprint density at radius 3 is 2.44 bits per heavy atom. The fraction of sp³-hybridized carbons (Fsp3) is 0.355. The van der Waals surface area contributed by atoms with Gasteiger partial charge in [-0.2, -0.15) is 18.2 Å². The maximum absolute atomic E-state index is 13.3. The zero-order chi connectivity index (χ0) is 31.7. The van der Waals surface area contributed by atoms with Crippen molar-refractivity contribution in [3.63, 3.8) is 0 Å². The number of nitrogens with zero attached hydrogens (tertiary/aromatic N) is 5. The molecule has 0 saturated carbocycles. The highest BCUT2D eigenvalue weighted by atomic mass is 19.4. The molecule has 45 heavy (non-hydrogen) atoms. The lowest BCUT2D eigenvalue weighted by atomic mass is 9.99. The zero-order valence-corrected chi connectivity index (χ0v) is 24.1. The molecule has 4 amide bonds. The number of fused-ring (bicyclic) bond motifs is 1. The van der Waals surface area contributed by atoms with Crippen molar-refractivity contribution in [1.29, 1.82) is 0 Å². The van der Waals surface area contributed by atoms with Crippen molar-refractivity contribution in [2.75, 3.05) is 47.8 Å². The number of amides is 4. The van der Waals surface area contributed by atoms with Gasteiger partial charge >= 0.3 is 6.18 Å². The third kappa shape index (κ3) is 6.17. The highest BCUT2D eigenvalue weighted by molar-refractivity contribution is 6.24. The lowest BCUT2D eigenvalue weighted by molar-refractivity contribution is -0.138. The summed E-state index contributed by atoms with van der Waals surface area (Å²) >= 11 is 0. The van der Waals surface area contributed by atoms with Crippen molar-refractivity contribution in [2.45, 2.75) is 37.9 Å². The predicted octanol–water partition coefficient (Wildman–Crippen LogP) is 3.27. The van der Waals surface area contributed by atoms with Gasteiger partial charge in [-0.3, -0.25) is 29.4 Å². The molecule has 234 valence electrons. The van der Waals surface area contributed by atoms with Gasteiger partial charge in [0.2, 0.25) is 17.8 Å². The van der Waals surface area contributed by atoms with Gasteiger partial charge in [0, 0.05) is 51.0 Å². The standard InChI is InChI=1S/C31H30F3N7O4/c32-31(33,34)20-6-2-7-21(18-20)39-14-16-40(17-15-39)30-36-13-11-24(37-30)35-12-3-5-19-4-1-8-22-26(19)29(45)41(28(22)44)23-9-10-25(42)38-27(23)43/h1-2,4,6-8,11,13,18,23H,3,5,9-10,12,14-17H2,(H,35,36,37)(H,38,42,43). The van der Waals surface area contributed by atoms with Gasteiger partial charge < -0.3 is 15.1 Å². The number of rotatable bonds is 8. The van der Waals surface area contributed by atoms with Gasteiger partial charge in [0.1, 0.15) is 11.9 Å². The average molecular weight is 622 g/mol. The number of hydrogen-bond acceptors (Lipinski definition) is 9. The van der Waals surface area contributed by atoms with E-state index in [4.69, 9.17) is 0 Å². The van der Waals surface area contributed by atoms with Crippen LogP contribution in [0.1, 0.15) is 51.1 Å². The van der Waals surface area contributed by atoms with Gasteiger partial charge in [0.05, 0.1) is 16.7 Å². The first-order chi connectivity index (χ1) is 21.6. The molecule has 2 N–H and O–H groups in total. The summed E-state index contributed by atoms with van der Waals surface area (Å²) in [5, 5.41) is 5.47. The Labute approximate surface area is 256 Å². The molecule has 6 rings (SSSR count). The number of alkyl halides is 3. The molecule has 2 fully saturated rings. The lowest BCUT2D eigenvalue weighted by Gasteiger charge is -2.36. The van der Waals surface area contributed by atoms with Crippen molar-refractivity contribution in [2.24, 2.45) is 0 Å². The number of aryl methyl sites for hydroxylation is 1. The molecule has 1 aromatic heterocycles. The molecule has 1 atom stereocenters. The monoisotopic (exact) mass is 621 g/mol. The van der Waals surface area contributed by atoms with Crippen molar-refractivity contribution >= 4 is 41.1 Å². The number of aromatic nitrogens is 2. The van der Waals surface area contributed by atoms with E-state index in [1.807, 2.05) is 9.80 Å². The predicted molar refractivity (Wildman–Crippen MR) is 158 cm³/mol. The maximum Gasteiger partial charge on any atom is 0.416 e. The Bertz CT molecular complexity index is 1660. The van der Waals surface area contributed by atoms with Crippen LogP contribution in [0.15, 0.2) is 54.7 Å². The van der Waals surface area contributed by atoms with Crippen molar-refractivity contribution < 1.29 is 32.3 Å².